The van der Waals surface area contributed by atoms with Crippen molar-refractivity contribution in [3.05, 3.63) is 71.8 Å². The molecule has 0 atom stereocenters. The van der Waals surface area contributed by atoms with Crippen LogP contribution >= 0.6 is 0 Å². The first kappa shape index (κ1) is 22.1. The minimum absolute atomic E-state index is 0.0241. The molecule has 4 heterocycles. The van der Waals surface area contributed by atoms with E-state index in [4.69, 9.17) is 0 Å². The first-order valence-corrected chi connectivity index (χ1v) is 12.2. The number of tetrazole rings is 1. The highest BCUT2D eigenvalue weighted by Gasteiger charge is 2.27. The lowest BCUT2D eigenvalue weighted by molar-refractivity contribution is -0.120. The van der Waals surface area contributed by atoms with E-state index in [2.05, 4.69) is 36.9 Å². The molecule has 0 radical (unpaired) electrons. The normalized spacial score (nSPS) is 15.8. The fraction of sp³-hybridized carbons (Fsp3) is 0.308. The molecular weight excluding hydrogens is 456 g/mol. The number of nitrogens with zero attached hydrogens (tertiary/aromatic N) is 7. The fourth-order valence-electron chi connectivity index (χ4n) is 5.00. The van der Waals surface area contributed by atoms with Crippen LogP contribution < -0.4 is 15.1 Å². The number of aromatic nitrogens is 5. The Kier molecular flexibility index (Phi) is 5.76. The summed E-state index contributed by atoms with van der Waals surface area (Å²) in [6.07, 6.45) is 2.72. The Morgan fingerprint density at radius 1 is 0.944 bits per heavy atom. The quantitative estimate of drug-likeness (QED) is 0.466. The van der Waals surface area contributed by atoms with E-state index >= 15 is 0 Å². The van der Waals surface area contributed by atoms with E-state index in [1.165, 1.54) is 10.2 Å². The molecule has 2 aromatic heterocycles. The van der Waals surface area contributed by atoms with Crippen molar-refractivity contribution in [2.75, 3.05) is 34.8 Å². The summed E-state index contributed by atoms with van der Waals surface area (Å²) in [5.41, 5.74) is 4.52. The number of carbonyl (C=O) groups excluding carboxylic acids is 2. The lowest BCUT2D eigenvalue weighted by atomic mass is 9.95. The molecule has 0 spiro atoms. The molecule has 0 unspecified atom stereocenters. The molecule has 10 heteroatoms. The fourth-order valence-corrected chi connectivity index (χ4v) is 5.00. The SMILES string of the molecule is O=C(Nc1ccc(CC(=O)N2CCc3ccccc32)cc1)C1CCN(c2ccc3nnnn3n2)CC1. The molecule has 2 aromatic carbocycles. The minimum atomic E-state index is -0.0606. The Hall–Kier alpha value is -4.34. The number of amides is 2. The Morgan fingerprint density at radius 3 is 2.58 bits per heavy atom. The number of rotatable bonds is 5. The van der Waals surface area contributed by atoms with Gasteiger partial charge in [0.2, 0.25) is 11.8 Å². The summed E-state index contributed by atoms with van der Waals surface area (Å²) in [5.74, 6) is 0.860. The number of carbonyl (C=O) groups is 2. The smallest absolute Gasteiger partial charge is 0.231 e. The van der Waals surface area contributed by atoms with Crippen LogP contribution in [0.15, 0.2) is 60.7 Å². The van der Waals surface area contributed by atoms with Gasteiger partial charge in [-0.25, -0.2) is 0 Å². The first-order chi connectivity index (χ1) is 17.6. The molecule has 1 saturated heterocycles. The van der Waals surface area contributed by atoms with Gasteiger partial charge in [-0.1, -0.05) is 30.3 Å². The monoisotopic (exact) mass is 482 g/mol. The van der Waals surface area contributed by atoms with Crippen molar-refractivity contribution >= 4 is 34.7 Å². The summed E-state index contributed by atoms with van der Waals surface area (Å²) in [7, 11) is 0. The van der Waals surface area contributed by atoms with Crippen molar-refractivity contribution in [3.63, 3.8) is 0 Å². The molecule has 10 nitrogen and oxygen atoms in total. The summed E-state index contributed by atoms with van der Waals surface area (Å²) >= 11 is 0. The van der Waals surface area contributed by atoms with Gasteiger partial charge in [-0.3, -0.25) is 9.59 Å². The van der Waals surface area contributed by atoms with E-state index in [0.717, 1.165) is 61.7 Å². The average molecular weight is 483 g/mol. The average Bonchev–Trinajstić information content (AvgIpc) is 3.56. The molecule has 1 N–H and O–H groups in total. The summed E-state index contributed by atoms with van der Waals surface area (Å²) < 4.78 is 1.41. The highest BCUT2D eigenvalue weighted by molar-refractivity contribution is 5.97. The van der Waals surface area contributed by atoms with E-state index in [9.17, 15) is 9.59 Å². The third kappa shape index (κ3) is 4.37. The highest BCUT2D eigenvalue weighted by atomic mass is 16.2. The number of hydrogen-bond acceptors (Lipinski definition) is 7. The topological polar surface area (TPSA) is 109 Å². The van der Waals surface area contributed by atoms with Crippen LogP contribution in [0.1, 0.15) is 24.0 Å². The van der Waals surface area contributed by atoms with Gasteiger partial charge in [0.05, 0.1) is 6.42 Å². The van der Waals surface area contributed by atoms with E-state index < -0.39 is 0 Å². The number of fused-ring (bicyclic) bond motifs is 2. The van der Waals surface area contributed by atoms with Crippen molar-refractivity contribution in [2.45, 2.75) is 25.7 Å². The van der Waals surface area contributed by atoms with Crippen LogP contribution in [0.3, 0.4) is 0 Å². The summed E-state index contributed by atoms with van der Waals surface area (Å²) in [5, 5.41) is 18.8. The van der Waals surface area contributed by atoms with Crippen LogP contribution in [0.2, 0.25) is 0 Å². The molecule has 1 fully saturated rings. The number of piperidine rings is 1. The van der Waals surface area contributed by atoms with E-state index in [-0.39, 0.29) is 17.7 Å². The maximum absolute atomic E-state index is 12.9. The summed E-state index contributed by atoms with van der Waals surface area (Å²) in [6, 6.07) is 19.4. The van der Waals surface area contributed by atoms with Gasteiger partial charge in [0, 0.05) is 36.9 Å². The molecule has 2 aliphatic rings. The molecule has 0 saturated carbocycles. The summed E-state index contributed by atoms with van der Waals surface area (Å²) in [4.78, 5) is 29.7. The van der Waals surface area contributed by atoms with Crippen LogP contribution in [0, 0.1) is 5.92 Å². The van der Waals surface area contributed by atoms with Crippen molar-refractivity contribution in [2.24, 2.45) is 5.92 Å². The zero-order valence-electron chi connectivity index (χ0n) is 19.7. The molecule has 182 valence electrons. The van der Waals surface area contributed by atoms with E-state index in [1.807, 2.05) is 59.5 Å². The van der Waals surface area contributed by atoms with Crippen molar-refractivity contribution in [1.29, 1.82) is 0 Å². The van der Waals surface area contributed by atoms with Gasteiger partial charge in [0.15, 0.2) is 11.5 Å². The zero-order valence-corrected chi connectivity index (χ0v) is 19.7. The summed E-state index contributed by atoms with van der Waals surface area (Å²) in [6.45, 7) is 2.20. The Balaban J connectivity index is 1.01. The van der Waals surface area contributed by atoms with Crippen molar-refractivity contribution in [1.82, 2.24) is 25.3 Å². The van der Waals surface area contributed by atoms with Gasteiger partial charge >= 0.3 is 0 Å². The molecule has 36 heavy (non-hydrogen) atoms. The van der Waals surface area contributed by atoms with Gasteiger partial charge in [0.25, 0.3) is 0 Å². The van der Waals surface area contributed by atoms with E-state index in [0.29, 0.717) is 12.1 Å². The predicted molar refractivity (Wildman–Crippen MR) is 135 cm³/mol. The van der Waals surface area contributed by atoms with Crippen LogP contribution in [-0.4, -0.2) is 56.7 Å². The van der Waals surface area contributed by atoms with Gasteiger partial charge in [-0.05, 0) is 71.1 Å². The Labute approximate surface area is 207 Å². The second-order valence-corrected chi connectivity index (χ2v) is 9.27. The largest absolute Gasteiger partial charge is 0.355 e. The number of hydrogen-bond donors (Lipinski definition) is 1. The van der Waals surface area contributed by atoms with Gasteiger partial charge < -0.3 is 15.1 Å². The molecule has 0 aliphatic carbocycles. The molecular formula is C26H26N8O2. The van der Waals surface area contributed by atoms with Crippen LogP contribution in [0.25, 0.3) is 5.65 Å². The molecule has 2 aliphatic heterocycles. The van der Waals surface area contributed by atoms with Crippen LogP contribution in [-0.2, 0) is 22.4 Å². The highest BCUT2D eigenvalue weighted by Crippen LogP contribution is 2.28. The third-order valence-electron chi connectivity index (χ3n) is 7.01. The second-order valence-electron chi connectivity index (χ2n) is 9.27. The molecule has 6 rings (SSSR count). The number of benzene rings is 2. The maximum Gasteiger partial charge on any atom is 0.231 e. The predicted octanol–water partition coefficient (Wildman–Crippen LogP) is 2.51. The number of nitrogens with one attached hydrogen (secondary N) is 1. The minimum Gasteiger partial charge on any atom is -0.355 e. The lowest BCUT2D eigenvalue weighted by Crippen LogP contribution is -2.38. The van der Waals surface area contributed by atoms with E-state index in [1.54, 1.807) is 0 Å². The Morgan fingerprint density at radius 2 is 1.75 bits per heavy atom. The maximum atomic E-state index is 12.9. The second kappa shape index (κ2) is 9.37. The van der Waals surface area contributed by atoms with Crippen LogP contribution in [0.5, 0.6) is 0 Å². The zero-order chi connectivity index (χ0) is 24.5. The lowest BCUT2D eigenvalue weighted by Gasteiger charge is -2.31. The van der Waals surface area contributed by atoms with Gasteiger partial charge in [-0.15, -0.1) is 14.8 Å². The van der Waals surface area contributed by atoms with Crippen molar-refractivity contribution < 1.29 is 9.59 Å². The standard InChI is InChI=1S/C26H26N8O2/c35-25(33-16-13-19-3-1-2-4-22(19)33)17-18-5-7-21(8-6-18)27-26(36)20-11-14-32(15-12-20)24-10-9-23-28-30-31-34(23)29-24/h1-10,20H,11-17H2,(H,27,36). The van der Waals surface area contributed by atoms with Crippen LogP contribution in [0.4, 0.5) is 17.2 Å². The van der Waals surface area contributed by atoms with Crippen molar-refractivity contribution in [3.8, 4) is 0 Å². The van der Waals surface area contributed by atoms with Gasteiger partial charge in [0.1, 0.15) is 0 Å². The van der Waals surface area contributed by atoms with Gasteiger partial charge in [-0.2, -0.15) is 0 Å². The third-order valence-corrected chi connectivity index (χ3v) is 7.01. The number of para-hydroxylation sites is 1. The Bertz CT molecular complexity index is 1410. The molecule has 4 aromatic rings. The molecule has 2 amide bonds. The number of anilines is 3. The molecule has 0 bridgehead atoms. The first-order valence-electron chi connectivity index (χ1n) is 12.2.